The first-order valence-electron chi connectivity index (χ1n) is 26.1. The van der Waals surface area contributed by atoms with Crippen LogP contribution in [0, 0.1) is 19.0 Å². The number of hydrogen-bond acceptors (Lipinski definition) is 3. The van der Waals surface area contributed by atoms with E-state index in [1.54, 1.807) is 17.4 Å². The Kier molecular flexibility index (Phi) is 12.1. The van der Waals surface area contributed by atoms with Gasteiger partial charge in [-0.25, -0.2) is 0 Å². The van der Waals surface area contributed by atoms with E-state index in [2.05, 4.69) is 210 Å². The molecule has 355 valence electrons. The number of imidazole rings is 2. The summed E-state index contributed by atoms with van der Waals surface area (Å²) in [4.78, 5) is 10.3. The molecule has 0 saturated heterocycles. The van der Waals surface area contributed by atoms with E-state index in [0.717, 1.165) is 92.2 Å². The van der Waals surface area contributed by atoms with Gasteiger partial charge in [0.2, 0.25) is 0 Å². The van der Waals surface area contributed by atoms with Crippen molar-refractivity contribution in [3.05, 3.63) is 204 Å². The van der Waals surface area contributed by atoms with E-state index in [0.29, 0.717) is 17.4 Å². The van der Waals surface area contributed by atoms with Crippen LogP contribution in [0.2, 0.25) is 0 Å². The minimum absolute atomic E-state index is 0. The molecule has 6 heteroatoms. The van der Waals surface area contributed by atoms with Gasteiger partial charge in [0.05, 0.1) is 33.7 Å². The molecule has 0 aliphatic heterocycles. The Balaban J connectivity index is 0.000000191. The fraction of sp³-hybridized carbons (Fsp3) is 0.200. The summed E-state index contributed by atoms with van der Waals surface area (Å²) in [6.07, 6.45) is 0. The summed E-state index contributed by atoms with van der Waals surface area (Å²) in [7, 11) is 0. The number of benzene rings is 9. The molecule has 0 aliphatic carbocycles. The summed E-state index contributed by atoms with van der Waals surface area (Å²) in [6, 6.07) is 63.6. The maximum absolute atomic E-state index is 8.55. The third kappa shape index (κ3) is 8.40. The van der Waals surface area contributed by atoms with Crippen molar-refractivity contribution in [2.45, 2.75) is 85.9 Å². The molecular weight excluding hydrogens is 1060 g/mol. The van der Waals surface area contributed by atoms with E-state index in [9.17, 15) is 0 Å². The summed E-state index contributed by atoms with van der Waals surface area (Å²) >= 11 is 1.63. The van der Waals surface area contributed by atoms with Crippen LogP contribution in [0.25, 0.3) is 97.9 Å². The molecule has 0 saturated carbocycles. The first kappa shape index (κ1) is 44.3. The SMILES string of the molecule is CC(C)c1cccc(C(C)C)c1-n1c(-c2[c-]cccc2)nc2ccccc21.[2H]C([2H])([2H])c1c[c-]c(-c2nc3ccccc3n2-c2c(C(C)C)cccc2C(C)C)c2sc3cc4ccc5ccccc5c4cc3c12.[Ir]. The third-order valence-corrected chi connectivity index (χ3v) is 15.0. The van der Waals surface area contributed by atoms with Crippen LogP contribution in [-0.4, -0.2) is 19.1 Å². The molecule has 9 aromatic carbocycles. The Morgan fingerprint density at radius 1 is 0.507 bits per heavy atom. The van der Waals surface area contributed by atoms with E-state index in [1.165, 1.54) is 27.9 Å². The van der Waals surface area contributed by atoms with Crippen molar-refractivity contribution in [1.29, 1.82) is 0 Å². The molecule has 0 bridgehead atoms. The molecule has 12 aromatic rings. The normalized spacial score (nSPS) is 12.6. The molecule has 0 atom stereocenters. The van der Waals surface area contributed by atoms with Crippen LogP contribution in [0.4, 0.5) is 0 Å². The van der Waals surface area contributed by atoms with Gasteiger partial charge >= 0.3 is 0 Å². The zero-order valence-corrected chi connectivity index (χ0v) is 44.6. The maximum atomic E-state index is 8.55. The van der Waals surface area contributed by atoms with Crippen molar-refractivity contribution >= 4 is 75.1 Å². The Morgan fingerprint density at radius 2 is 1.04 bits per heavy atom. The van der Waals surface area contributed by atoms with Crippen molar-refractivity contribution in [3.8, 4) is 34.2 Å². The van der Waals surface area contributed by atoms with Crippen LogP contribution in [0.1, 0.15) is 111 Å². The molecule has 3 heterocycles. The van der Waals surface area contributed by atoms with Crippen LogP contribution in [0.5, 0.6) is 0 Å². The summed E-state index contributed by atoms with van der Waals surface area (Å²) in [5.41, 5.74) is 13.8. The summed E-state index contributed by atoms with van der Waals surface area (Å²) in [6.45, 7) is 15.7. The van der Waals surface area contributed by atoms with Crippen LogP contribution < -0.4 is 0 Å². The minimum Gasteiger partial charge on any atom is -0.333 e. The summed E-state index contributed by atoms with van der Waals surface area (Å²) in [5.74, 6) is 3.15. The molecule has 0 fully saturated rings. The minimum atomic E-state index is -2.30. The van der Waals surface area contributed by atoms with Crippen LogP contribution >= 0.6 is 11.3 Å². The van der Waals surface area contributed by atoms with Crippen molar-refractivity contribution < 1.29 is 24.2 Å². The van der Waals surface area contributed by atoms with Gasteiger partial charge in [-0.15, -0.1) is 53.6 Å². The number of aryl methyl sites for hydroxylation is 1. The Morgan fingerprint density at radius 3 is 1.62 bits per heavy atom. The number of para-hydroxylation sites is 6. The van der Waals surface area contributed by atoms with Crippen LogP contribution in [-0.2, 0) is 20.1 Å². The van der Waals surface area contributed by atoms with E-state index in [-0.39, 0.29) is 31.9 Å². The fourth-order valence-electron chi connectivity index (χ4n) is 10.4. The first-order valence-corrected chi connectivity index (χ1v) is 25.4. The van der Waals surface area contributed by atoms with Crippen molar-refractivity contribution in [3.63, 3.8) is 0 Å². The summed E-state index contributed by atoms with van der Waals surface area (Å²) < 4.78 is 32.2. The number of aromatic nitrogens is 4. The molecule has 4 nitrogen and oxygen atoms in total. The van der Waals surface area contributed by atoms with Gasteiger partial charge < -0.3 is 9.13 Å². The van der Waals surface area contributed by atoms with Gasteiger partial charge in [-0.05, 0) is 114 Å². The fourth-order valence-corrected chi connectivity index (χ4v) is 11.7. The van der Waals surface area contributed by atoms with Gasteiger partial charge in [-0.3, -0.25) is 9.97 Å². The Hall–Kier alpha value is -6.69. The molecular formula is C65H58IrN4S-2. The second kappa shape index (κ2) is 19.5. The van der Waals surface area contributed by atoms with Gasteiger partial charge in [0.1, 0.15) is 0 Å². The predicted molar refractivity (Wildman–Crippen MR) is 300 cm³/mol. The number of nitrogens with zero attached hydrogens (tertiary/aromatic N) is 4. The van der Waals surface area contributed by atoms with Crippen molar-refractivity contribution in [1.82, 2.24) is 19.1 Å². The standard InChI is InChI=1S/C40H33N2S.C25H25N2.Ir/c1-23(2)28-13-10-14-29(24(3)4)38(28)42-35-16-9-8-15-34(35)41-40(42)31-20-17-25(5)37-33-22-32-27(21-36(33)43-39(31)37)19-18-26-11-6-7-12-30(26)32;1-17(2)20-13-10-14-21(18(3)4)24(20)27-23-16-9-8-15-22(23)26-25(27)19-11-6-5-7-12-19;/h6-19,21-24H,1-5H3;5-11,13-18H,1-4H3;/q2*-1;/i5D3;;. The Labute approximate surface area is 439 Å². The summed E-state index contributed by atoms with van der Waals surface area (Å²) in [5, 5.41) is 6.31. The molecule has 0 amide bonds. The van der Waals surface area contributed by atoms with E-state index < -0.39 is 6.85 Å². The second-order valence-corrected chi connectivity index (χ2v) is 20.8. The predicted octanol–water partition coefficient (Wildman–Crippen LogP) is 18.5. The van der Waals surface area contributed by atoms with Crippen LogP contribution in [0.15, 0.2) is 164 Å². The zero-order chi connectivity index (χ0) is 50.9. The smallest absolute Gasteiger partial charge is 0.0774 e. The molecule has 0 unspecified atom stereocenters. The van der Waals surface area contributed by atoms with Gasteiger partial charge in [0, 0.05) is 40.3 Å². The maximum Gasteiger partial charge on any atom is 0.0774 e. The number of thiophene rings is 1. The molecule has 12 rings (SSSR count). The second-order valence-electron chi connectivity index (χ2n) is 19.7. The number of rotatable bonds is 8. The topological polar surface area (TPSA) is 35.6 Å². The number of fused-ring (bicyclic) bond motifs is 8. The average Bonchev–Trinajstić information content (AvgIpc) is 4.09. The molecule has 71 heavy (non-hydrogen) atoms. The Bertz CT molecular complexity index is 3990. The number of hydrogen-bond donors (Lipinski definition) is 0. The molecule has 0 spiro atoms. The van der Waals surface area contributed by atoms with Gasteiger partial charge in [-0.1, -0.05) is 170 Å². The first-order chi connectivity index (χ1) is 35.2. The monoisotopic (exact) mass is 1120 g/mol. The third-order valence-electron chi connectivity index (χ3n) is 13.8. The zero-order valence-electron chi connectivity index (χ0n) is 44.4. The van der Waals surface area contributed by atoms with E-state index in [4.69, 9.17) is 14.1 Å². The van der Waals surface area contributed by atoms with E-state index in [1.807, 2.05) is 24.3 Å². The van der Waals surface area contributed by atoms with Crippen LogP contribution in [0.3, 0.4) is 0 Å². The average molecular weight is 1120 g/mol. The quantitative estimate of drug-likeness (QED) is 0.112. The van der Waals surface area contributed by atoms with Gasteiger partial charge in [0.25, 0.3) is 0 Å². The largest absolute Gasteiger partial charge is 0.333 e. The molecule has 0 N–H and O–H groups in total. The van der Waals surface area contributed by atoms with Gasteiger partial charge in [-0.2, -0.15) is 11.3 Å². The van der Waals surface area contributed by atoms with E-state index >= 15 is 0 Å². The van der Waals surface area contributed by atoms with Crippen molar-refractivity contribution in [2.75, 3.05) is 0 Å². The van der Waals surface area contributed by atoms with Crippen molar-refractivity contribution in [2.24, 2.45) is 0 Å². The molecule has 0 aliphatic rings. The van der Waals surface area contributed by atoms with Gasteiger partial charge in [0.15, 0.2) is 0 Å². The molecule has 1 radical (unpaired) electrons. The molecule has 3 aromatic heterocycles.